The zero-order valence-corrected chi connectivity index (χ0v) is 12.1. The molecule has 1 fully saturated rings. The van der Waals surface area contributed by atoms with Crippen molar-refractivity contribution in [3.05, 3.63) is 36.1 Å². The number of nitrogens with two attached hydrogens (primary N) is 1. The van der Waals surface area contributed by atoms with Crippen LogP contribution >= 0.6 is 0 Å². The van der Waals surface area contributed by atoms with Crippen molar-refractivity contribution >= 4 is 11.0 Å². The van der Waals surface area contributed by atoms with Crippen LogP contribution in [-0.4, -0.2) is 36.7 Å². The molecule has 1 aromatic heterocycles. The van der Waals surface area contributed by atoms with E-state index in [1.165, 1.54) is 0 Å². The highest BCUT2D eigenvalue weighted by molar-refractivity contribution is 5.77. The van der Waals surface area contributed by atoms with Gasteiger partial charge in [0.25, 0.3) is 0 Å². The van der Waals surface area contributed by atoms with Crippen molar-refractivity contribution < 1.29 is 9.15 Å². The van der Waals surface area contributed by atoms with Crippen molar-refractivity contribution in [3.63, 3.8) is 0 Å². The molecular weight excluding hydrogens is 252 g/mol. The van der Waals surface area contributed by atoms with Crippen molar-refractivity contribution in [2.24, 2.45) is 5.73 Å². The second-order valence-corrected chi connectivity index (χ2v) is 6.10. The number of para-hydroxylation sites is 1. The van der Waals surface area contributed by atoms with Crippen LogP contribution in [0, 0.1) is 0 Å². The molecule has 3 rings (SSSR count). The number of fused-ring (bicyclic) bond motifs is 1. The predicted octanol–water partition coefficient (Wildman–Crippen LogP) is 2.54. The molecular formula is C16H22N2O2. The molecule has 20 heavy (non-hydrogen) atoms. The van der Waals surface area contributed by atoms with Crippen molar-refractivity contribution in [2.45, 2.75) is 25.4 Å². The zero-order valence-electron chi connectivity index (χ0n) is 12.1. The Kier molecular flexibility index (Phi) is 3.54. The Balaban J connectivity index is 1.76. The van der Waals surface area contributed by atoms with E-state index in [4.69, 9.17) is 14.9 Å². The molecule has 1 aliphatic rings. The lowest BCUT2D eigenvalue weighted by Gasteiger charge is -2.42. The molecule has 108 valence electrons. The monoisotopic (exact) mass is 274 g/mol. The highest BCUT2D eigenvalue weighted by atomic mass is 16.5. The third kappa shape index (κ3) is 2.59. The fourth-order valence-corrected chi connectivity index (χ4v) is 2.74. The van der Waals surface area contributed by atoms with Crippen molar-refractivity contribution in [1.82, 2.24) is 4.90 Å². The molecule has 1 saturated heterocycles. The first-order chi connectivity index (χ1) is 9.56. The van der Waals surface area contributed by atoms with Crippen molar-refractivity contribution in [1.29, 1.82) is 0 Å². The van der Waals surface area contributed by atoms with Gasteiger partial charge in [-0.15, -0.1) is 0 Å². The fraction of sp³-hybridized carbons (Fsp3) is 0.500. The third-order valence-corrected chi connectivity index (χ3v) is 4.04. The van der Waals surface area contributed by atoms with Gasteiger partial charge >= 0.3 is 0 Å². The minimum Gasteiger partial charge on any atom is -0.459 e. The first-order valence-corrected chi connectivity index (χ1v) is 7.13. The van der Waals surface area contributed by atoms with E-state index >= 15 is 0 Å². The summed E-state index contributed by atoms with van der Waals surface area (Å²) in [5.74, 6) is 0.855. The molecule has 4 heteroatoms. The Morgan fingerprint density at radius 2 is 2.15 bits per heavy atom. The summed E-state index contributed by atoms with van der Waals surface area (Å²) in [5, 5.41) is 1.11. The molecule has 2 aromatic rings. The van der Waals surface area contributed by atoms with E-state index in [1.54, 1.807) is 0 Å². The average Bonchev–Trinajstić information content (AvgIpc) is 2.85. The van der Waals surface area contributed by atoms with Gasteiger partial charge in [0.1, 0.15) is 11.3 Å². The summed E-state index contributed by atoms with van der Waals surface area (Å²) in [7, 11) is 0. The van der Waals surface area contributed by atoms with Crippen LogP contribution in [0.5, 0.6) is 0 Å². The molecule has 0 bridgehead atoms. The maximum atomic E-state index is 6.33. The molecule has 2 heterocycles. The molecule has 1 unspecified atom stereocenters. The largest absolute Gasteiger partial charge is 0.459 e. The smallest absolute Gasteiger partial charge is 0.134 e. The summed E-state index contributed by atoms with van der Waals surface area (Å²) in [5.41, 5.74) is 7.27. The number of nitrogens with zero attached hydrogens (tertiary/aromatic N) is 1. The van der Waals surface area contributed by atoms with Gasteiger partial charge in [0.2, 0.25) is 0 Å². The lowest BCUT2D eigenvalue weighted by atomic mass is 10.0. The summed E-state index contributed by atoms with van der Waals surface area (Å²) >= 11 is 0. The molecule has 1 aromatic carbocycles. The van der Waals surface area contributed by atoms with Crippen LogP contribution in [0.2, 0.25) is 0 Å². The quantitative estimate of drug-likeness (QED) is 0.934. The number of hydrogen-bond acceptors (Lipinski definition) is 4. The predicted molar refractivity (Wildman–Crippen MR) is 79.6 cm³/mol. The number of rotatable bonds is 3. The van der Waals surface area contributed by atoms with Gasteiger partial charge in [-0.2, -0.15) is 0 Å². The fourth-order valence-electron chi connectivity index (χ4n) is 2.74. The molecule has 4 nitrogen and oxygen atoms in total. The molecule has 0 amide bonds. The van der Waals surface area contributed by atoms with Crippen LogP contribution in [-0.2, 0) is 4.74 Å². The van der Waals surface area contributed by atoms with Crippen molar-refractivity contribution in [3.8, 4) is 0 Å². The van der Waals surface area contributed by atoms with E-state index in [-0.39, 0.29) is 11.6 Å². The number of furan rings is 1. The van der Waals surface area contributed by atoms with Gasteiger partial charge in [0, 0.05) is 24.0 Å². The van der Waals surface area contributed by atoms with E-state index in [0.29, 0.717) is 0 Å². The van der Waals surface area contributed by atoms with Crippen LogP contribution in [0.15, 0.2) is 34.7 Å². The maximum Gasteiger partial charge on any atom is 0.134 e. The van der Waals surface area contributed by atoms with Gasteiger partial charge in [0.15, 0.2) is 0 Å². The second kappa shape index (κ2) is 5.20. The minimum absolute atomic E-state index is 0.0296. The first kappa shape index (κ1) is 13.6. The number of benzene rings is 1. The Morgan fingerprint density at radius 1 is 1.35 bits per heavy atom. The van der Waals surface area contributed by atoms with E-state index in [1.807, 2.05) is 30.3 Å². The van der Waals surface area contributed by atoms with Gasteiger partial charge in [-0.25, -0.2) is 0 Å². The van der Waals surface area contributed by atoms with E-state index in [2.05, 4.69) is 18.7 Å². The highest BCUT2D eigenvalue weighted by Crippen LogP contribution is 2.26. The maximum absolute atomic E-state index is 6.33. The Bertz CT molecular complexity index is 558. The normalized spacial score (nSPS) is 21.1. The van der Waals surface area contributed by atoms with Crippen LogP contribution in [0.1, 0.15) is 25.6 Å². The number of hydrogen-bond donors (Lipinski definition) is 1. The van der Waals surface area contributed by atoms with Crippen LogP contribution < -0.4 is 5.73 Å². The van der Waals surface area contributed by atoms with Gasteiger partial charge < -0.3 is 14.9 Å². The Hall–Kier alpha value is -1.36. The molecule has 0 saturated carbocycles. The Labute approximate surface area is 119 Å². The molecule has 0 aliphatic carbocycles. The summed E-state index contributed by atoms with van der Waals surface area (Å²) in [6.45, 7) is 7.61. The molecule has 2 N–H and O–H groups in total. The third-order valence-electron chi connectivity index (χ3n) is 4.04. The lowest BCUT2D eigenvalue weighted by Crippen LogP contribution is -2.54. The zero-order chi connectivity index (χ0) is 14.2. The Morgan fingerprint density at radius 3 is 2.90 bits per heavy atom. The lowest BCUT2D eigenvalue weighted by molar-refractivity contribution is -0.0537. The van der Waals surface area contributed by atoms with E-state index in [0.717, 1.165) is 43.0 Å². The van der Waals surface area contributed by atoms with Crippen LogP contribution in [0.4, 0.5) is 0 Å². The SMILES string of the molecule is CC1(C)COCCN1CC(N)c1cc2ccccc2o1. The molecule has 1 aliphatic heterocycles. The van der Waals surface area contributed by atoms with E-state index < -0.39 is 0 Å². The topological polar surface area (TPSA) is 51.6 Å². The van der Waals surface area contributed by atoms with Crippen LogP contribution in [0.3, 0.4) is 0 Å². The second-order valence-electron chi connectivity index (χ2n) is 6.10. The highest BCUT2D eigenvalue weighted by Gasteiger charge is 2.32. The van der Waals surface area contributed by atoms with Crippen LogP contribution in [0.25, 0.3) is 11.0 Å². The van der Waals surface area contributed by atoms with Gasteiger partial charge in [0.05, 0.1) is 19.3 Å². The summed E-state index contributed by atoms with van der Waals surface area (Å²) in [6, 6.07) is 9.95. The van der Waals surface area contributed by atoms with E-state index in [9.17, 15) is 0 Å². The van der Waals surface area contributed by atoms with Gasteiger partial charge in [-0.05, 0) is 26.0 Å². The summed E-state index contributed by atoms with van der Waals surface area (Å²) in [4.78, 5) is 2.38. The van der Waals surface area contributed by atoms with Crippen molar-refractivity contribution in [2.75, 3.05) is 26.3 Å². The first-order valence-electron chi connectivity index (χ1n) is 7.13. The minimum atomic E-state index is -0.111. The molecule has 1 atom stereocenters. The summed E-state index contributed by atoms with van der Waals surface area (Å²) < 4.78 is 11.4. The molecule has 0 spiro atoms. The molecule has 0 radical (unpaired) electrons. The number of morpholine rings is 1. The average molecular weight is 274 g/mol. The summed E-state index contributed by atoms with van der Waals surface area (Å²) in [6.07, 6.45) is 0. The van der Waals surface area contributed by atoms with Gasteiger partial charge in [-0.3, -0.25) is 4.90 Å². The standard InChI is InChI=1S/C16H22N2O2/c1-16(2)11-19-8-7-18(16)10-13(17)15-9-12-5-3-4-6-14(12)20-15/h3-6,9,13H,7-8,10-11,17H2,1-2H3. The number of ether oxygens (including phenoxy) is 1. The van der Waals surface area contributed by atoms with Gasteiger partial charge in [-0.1, -0.05) is 18.2 Å².